The van der Waals surface area contributed by atoms with Gasteiger partial charge in [0.2, 0.25) is 35.3 Å². The molecule has 0 unspecified atom stereocenters. The molecule has 1 aromatic carbocycles. The molecule has 1 fully saturated rings. The number of carbonyl (C=O) groups excluding carboxylic acids is 6. The van der Waals surface area contributed by atoms with E-state index in [1.807, 2.05) is 12.1 Å². The van der Waals surface area contributed by atoms with Crippen LogP contribution in [-0.4, -0.2) is 94.7 Å². The molecule has 1 aromatic heterocycles. The Bertz CT molecular complexity index is 1420. The van der Waals surface area contributed by atoms with E-state index in [0.717, 1.165) is 4.70 Å². The highest BCUT2D eigenvalue weighted by molar-refractivity contribution is 7.20. The first-order chi connectivity index (χ1) is 21.8. The molecule has 16 nitrogen and oxygen atoms in total. The molecule has 10 N–H and O–H groups in total. The fourth-order valence-corrected chi connectivity index (χ4v) is 5.73. The number of benzene rings is 1. The van der Waals surface area contributed by atoms with Crippen LogP contribution in [0.2, 0.25) is 0 Å². The zero-order chi connectivity index (χ0) is 33.8. The lowest BCUT2D eigenvalue weighted by Crippen LogP contribution is -2.60. The van der Waals surface area contributed by atoms with E-state index in [1.54, 1.807) is 12.1 Å². The summed E-state index contributed by atoms with van der Waals surface area (Å²) in [5.41, 5.74) is 11.5. The third kappa shape index (κ3) is 10.8. The topological polar surface area (TPSA) is 260 Å². The summed E-state index contributed by atoms with van der Waals surface area (Å²) >= 11 is 1.19. The maximum absolute atomic E-state index is 13.7. The summed E-state index contributed by atoms with van der Waals surface area (Å²) in [4.78, 5) is 86.1. The number of rotatable bonds is 10. The molecule has 250 valence electrons. The minimum Gasteiger partial charge on any atom is -0.391 e. The second kappa shape index (κ2) is 17.2. The molecule has 1 aliphatic rings. The number of aliphatic hydroxyl groups is 1. The van der Waals surface area contributed by atoms with Crippen LogP contribution < -0.4 is 38.1 Å². The van der Waals surface area contributed by atoms with Gasteiger partial charge in [-0.3, -0.25) is 33.8 Å². The summed E-state index contributed by atoms with van der Waals surface area (Å²) < 4.78 is 0.800. The van der Waals surface area contributed by atoms with E-state index in [9.17, 15) is 33.9 Å². The second-order valence-corrected chi connectivity index (χ2v) is 12.0. The number of guanidine groups is 1. The zero-order valence-electron chi connectivity index (χ0n) is 25.7. The number of nitrogens with zero attached hydrogens (tertiary/aromatic N) is 2. The van der Waals surface area contributed by atoms with E-state index in [-0.39, 0.29) is 43.3 Å². The van der Waals surface area contributed by atoms with Gasteiger partial charge < -0.3 is 43.2 Å². The number of carbonyl (C=O) groups is 6. The van der Waals surface area contributed by atoms with Crippen LogP contribution in [0.3, 0.4) is 0 Å². The number of hydrogen-bond donors (Lipinski definition) is 8. The minimum absolute atomic E-state index is 0.111. The van der Waals surface area contributed by atoms with E-state index in [1.165, 1.54) is 25.2 Å². The van der Waals surface area contributed by atoms with Gasteiger partial charge in [0.25, 0.3) is 0 Å². The molecule has 5 amide bonds. The van der Waals surface area contributed by atoms with Gasteiger partial charge in [0, 0.05) is 20.0 Å². The van der Waals surface area contributed by atoms with E-state index in [4.69, 9.17) is 11.5 Å². The lowest BCUT2D eigenvalue weighted by molar-refractivity contribution is -0.136. The van der Waals surface area contributed by atoms with Crippen molar-refractivity contribution in [2.24, 2.45) is 16.5 Å². The number of nitrogens with two attached hydrogens (primary N) is 2. The van der Waals surface area contributed by atoms with Crippen molar-refractivity contribution in [1.82, 2.24) is 31.6 Å². The number of hydrogen-bond acceptors (Lipinski definition) is 10. The van der Waals surface area contributed by atoms with Crippen LogP contribution >= 0.6 is 11.3 Å². The average molecular weight is 660 g/mol. The van der Waals surface area contributed by atoms with Crippen LogP contribution in [0.4, 0.5) is 0 Å². The van der Waals surface area contributed by atoms with E-state index in [0.29, 0.717) is 24.8 Å². The zero-order valence-corrected chi connectivity index (χ0v) is 26.5. The molecule has 3 rings (SSSR count). The molecule has 1 aliphatic heterocycles. The summed E-state index contributed by atoms with van der Waals surface area (Å²) in [6.07, 6.45) is -0.329. The van der Waals surface area contributed by atoms with Crippen LogP contribution in [-0.2, 0) is 24.0 Å². The number of nitrogens with one attached hydrogen (secondary N) is 5. The first kappa shape index (κ1) is 35.8. The molecule has 0 aliphatic carbocycles. The first-order valence-corrected chi connectivity index (χ1v) is 15.8. The highest BCUT2D eigenvalue weighted by Gasteiger charge is 2.34. The summed E-state index contributed by atoms with van der Waals surface area (Å²) in [6, 6.07) is 2.21. The van der Waals surface area contributed by atoms with Crippen LogP contribution in [0.25, 0.3) is 10.2 Å². The number of aromatic nitrogens is 1. The fraction of sp³-hybridized carbons (Fsp3) is 0.517. The molecular weight excluding hydrogens is 618 g/mol. The van der Waals surface area contributed by atoms with E-state index >= 15 is 0 Å². The van der Waals surface area contributed by atoms with Crippen molar-refractivity contribution in [2.75, 3.05) is 13.1 Å². The van der Waals surface area contributed by atoms with Gasteiger partial charge in [0.15, 0.2) is 11.0 Å². The molecule has 1 saturated heterocycles. The van der Waals surface area contributed by atoms with Gasteiger partial charge >= 0.3 is 0 Å². The number of aliphatic hydroxyl groups excluding tert-OH is 1. The molecule has 0 spiro atoms. The minimum atomic E-state index is -1.52. The average Bonchev–Trinajstić information content (AvgIpc) is 3.43. The summed E-state index contributed by atoms with van der Waals surface area (Å²) in [7, 11) is 0. The van der Waals surface area contributed by atoms with Crippen molar-refractivity contribution < 1.29 is 33.9 Å². The van der Waals surface area contributed by atoms with Gasteiger partial charge in [0.1, 0.15) is 18.1 Å². The van der Waals surface area contributed by atoms with Crippen molar-refractivity contribution in [3.05, 3.63) is 29.3 Å². The molecule has 2 heterocycles. The number of fused-ring (bicyclic) bond motifs is 1. The quantitative estimate of drug-likeness (QED) is 0.0638. The van der Waals surface area contributed by atoms with Gasteiger partial charge in [-0.05, 0) is 51.2 Å². The van der Waals surface area contributed by atoms with Crippen molar-refractivity contribution in [3.63, 3.8) is 0 Å². The Morgan fingerprint density at radius 3 is 2.54 bits per heavy atom. The van der Waals surface area contributed by atoms with Crippen molar-refractivity contribution in [1.29, 1.82) is 0 Å². The number of Topliss-reactive ketones (excluding diaryl/α,β-unsaturated/α-hetero) is 1. The normalized spacial score (nSPS) is 21.0. The highest BCUT2D eigenvalue weighted by atomic mass is 32.1. The largest absolute Gasteiger partial charge is 0.391 e. The number of aliphatic imine (C=N–C) groups is 1. The third-order valence-corrected chi connectivity index (χ3v) is 8.15. The predicted molar refractivity (Wildman–Crippen MR) is 170 cm³/mol. The maximum Gasteiger partial charge on any atom is 0.245 e. The van der Waals surface area contributed by atoms with Gasteiger partial charge in [0.05, 0.1) is 28.8 Å². The van der Waals surface area contributed by atoms with E-state index < -0.39 is 65.6 Å². The molecule has 46 heavy (non-hydrogen) atoms. The molecule has 0 saturated carbocycles. The van der Waals surface area contributed by atoms with E-state index in [2.05, 4.69) is 36.6 Å². The Labute approximate surface area is 269 Å². The Morgan fingerprint density at radius 2 is 1.87 bits per heavy atom. The maximum atomic E-state index is 13.7. The predicted octanol–water partition coefficient (Wildman–Crippen LogP) is -1.44. The Morgan fingerprint density at radius 1 is 1.13 bits per heavy atom. The van der Waals surface area contributed by atoms with Crippen LogP contribution in [0.5, 0.6) is 0 Å². The standard InChI is InChI=1S/C29H41N9O7S/c1-15(39)23-27(45)36-19(9-5-6-12-32-22(41)14-20(26(44)38-23)34-16(2)40)25(43)35-18(10-7-13-33-29(30)31)24(42)28-37-17-8-3-4-11-21(17)46-28/h3-4,8,11,15,18-20,23,39H,5-7,9-10,12-14H2,1-2H3,(H,32,41)(H,34,40)(H,35,43)(H,36,45)(H,38,44)(H4,30,31,33)/t15-,18+,19+,20+,23+/m1/s1. The molecule has 5 atom stereocenters. The summed E-state index contributed by atoms with van der Waals surface area (Å²) in [5.74, 6) is -4.02. The third-order valence-electron chi connectivity index (χ3n) is 7.10. The van der Waals surface area contributed by atoms with Gasteiger partial charge in [-0.1, -0.05) is 12.1 Å². The summed E-state index contributed by atoms with van der Waals surface area (Å²) in [6.45, 7) is 2.87. The molecule has 0 radical (unpaired) electrons. The Balaban J connectivity index is 1.84. The van der Waals surface area contributed by atoms with Crippen LogP contribution in [0.1, 0.15) is 62.2 Å². The lowest BCUT2D eigenvalue weighted by Gasteiger charge is -2.28. The highest BCUT2D eigenvalue weighted by Crippen LogP contribution is 2.23. The van der Waals surface area contributed by atoms with Gasteiger partial charge in [-0.25, -0.2) is 4.98 Å². The molecular formula is C29H41N9O7S. The van der Waals surface area contributed by atoms with Crippen molar-refractivity contribution >= 4 is 62.8 Å². The monoisotopic (exact) mass is 659 g/mol. The number of amides is 5. The number of para-hydroxylation sites is 1. The Hall–Kier alpha value is -4.64. The number of thiazole rings is 1. The Kier molecular flexibility index (Phi) is 13.4. The smallest absolute Gasteiger partial charge is 0.245 e. The van der Waals surface area contributed by atoms with Crippen LogP contribution in [0, 0.1) is 0 Å². The molecule has 17 heteroatoms. The SMILES string of the molecule is CC(=O)N[C@H]1CC(=O)NCCCC[C@@H](C(=O)N[C@@H](CCCN=C(N)N)C(=O)c2nc3ccccc3s2)NC(=O)[C@H]([C@@H](C)O)NC1=O. The molecule has 2 aromatic rings. The van der Waals surface area contributed by atoms with Crippen LogP contribution in [0.15, 0.2) is 29.3 Å². The van der Waals surface area contributed by atoms with Crippen molar-refractivity contribution in [3.8, 4) is 0 Å². The molecule has 0 bridgehead atoms. The fourth-order valence-electron chi connectivity index (χ4n) is 4.77. The van der Waals surface area contributed by atoms with Crippen molar-refractivity contribution in [2.45, 2.75) is 82.6 Å². The summed E-state index contributed by atoms with van der Waals surface area (Å²) in [5, 5.41) is 23.3. The number of ketones is 1. The lowest BCUT2D eigenvalue weighted by atomic mass is 10.0. The van der Waals surface area contributed by atoms with Gasteiger partial charge in [-0.2, -0.15) is 0 Å². The first-order valence-electron chi connectivity index (χ1n) is 14.9. The second-order valence-electron chi connectivity index (χ2n) is 11.0. The van der Waals surface area contributed by atoms with Gasteiger partial charge in [-0.15, -0.1) is 11.3 Å².